The fourth-order valence-corrected chi connectivity index (χ4v) is 2.46. The SMILES string of the molecule is COc1ccc(CCN=C(NC(=O)c2ccccc2F)OC(C)C)cc1OC. The summed E-state index contributed by atoms with van der Waals surface area (Å²) in [6.07, 6.45) is 0.404. The summed E-state index contributed by atoms with van der Waals surface area (Å²) in [5, 5.41) is 2.54. The molecule has 2 rings (SSSR count). The first-order valence-electron chi connectivity index (χ1n) is 8.92. The van der Waals surface area contributed by atoms with Crippen molar-refractivity contribution in [3.8, 4) is 11.5 Å². The molecule has 28 heavy (non-hydrogen) atoms. The van der Waals surface area contributed by atoms with Crippen LogP contribution < -0.4 is 14.8 Å². The van der Waals surface area contributed by atoms with Crippen LogP contribution in [0.5, 0.6) is 11.5 Å². The second-order valence-electron chi connectivity index (χ2n) is 6.23. The maximum Gasteiger partial charge on any atom is 0.291 e. The molecule has 1 amide bonds. The van der Waals surface area contributed by atoms with E-state index in [2.05, 4.69) is 10.3 Å². The molecule has 2 aromatic rings. The number of rotatable bonds is 7. The van der Waals surface area contributed by atoms with Crippen molar-refractivity contribution in [1.29, 1.82) is 0 Å². The Kier molecular flexibility index (Phi) is 7.80. The molecule has 0 spiro atoms. The number of methoxy groups -OCH3 is 2. The van der Waals surface area contributed by atoms with Gasteiger partial charge in [-0.3, -0.25) is 10.1 Å². The number of carbonyl (C=O) groups excluding carboxylic acids is 1. The summed E-state index contributed by atoms with van der Waals surface area (Å²) in [5.41, 5.74) is 0.924. The number of nitrogens with zero attached hydrogens (tertiary/aromatic N) is 1. The van der Waals surface area contributed by atoms with Crippen molar-refractivity contribution in [1.82, 2.24) is 5.32 Å². The summed E-state index contributed by atoms with van der Waals surface area (Å²) in [5.74, 6) is 0.0732. The first-order chi connectivity index (χ1) is 13.4. The van der Waals surface area contributed by atoms with Gasteiger partial charge in [0.05, 0.1) is 25.9 Å². The highest BCUT2D eigenvalue weighted by atomic mass is 19.1. The maximum absolute atomic E-state index is 13.8. The molecular weight excluding hydrogens is 363 g/mol. The Morgan fingerprint density at radius 1 is 1.11 bits per heavy atom. The summed E-state index contributed by atoms with van der Waals surface area (Å²) in [6, 6.07) is 11.4. The third-order valence-electron chi connectivity index (χ3n) is 3.79. The van der Waals surface area contributed by atoms with Crippen LogP contribution in [0.25, 0.3) is 0 Å². The Bertz CT molecular complexity index is 837. The molecule has 0 saturated heterocycles. The number of hydrogen-bond acceptors (Lipinski definition) is 5. The zero-order chi connectivity index (χ0) is 20.5. The van der Waals surface area contributed by atoms with E-state index in [9.17, 15) is 9.18 Å². The largest absolute Gasteiger partial charge is 0.493 e. The highest BCUT2D eigenvalue weighted by Gasteiger charge is 2.14. The van der Waals surface area contributed by atoms with Crippen molar-refractivity contribution in [3.05, 3.63) is 59.4 Å². The molecule has 0 atom stereocenters. The van der Waals surface area contributed by atoms with E-state index in [0.29, 0.717) is 24.5 Å². The molecule has 0 aliphatic carbocycles. The van der Waals surface area contributed by atoms with Gasteiger partial charge >= 0.3 is 0 Å². The monoisotopic (exact) mass is 388 g/mol. The topological polar surface area (TPSA) is 69.2 Å². The van der Waals surface area contributed by atoms with Crippen molar-refractivity contribution < 1.29 is 23.4 Å². The van der Waals surface area contributed by atoms with E-state index in [0.717, 1.165) is 5.56 Å². The number of benzene rings is 2. The Morgan fingerprint density at radius 3 is 2.46 bits per heavy atom. The molecule has 6 nitrogen and oxygen atoms in total. The molecular formula is C21H25FN2O4. The van der Waals surface area contributed by atoms with Crippen molar-refractivity contribution in [2.75, 3.05) is 20.8 Å². The van der Waals surface area contributed by atoms with Crippen molar-refractivity contribution in [3.63, 3.8) is 0 Å². The molecule has 2 aromatic carbocycles. The molecule has 0 saturated carbocycles. The lowest BCUT2D eigenvalue weighted by molar-refractivity contribution is 0.0956. The normalized spacial score (nSPS) is 11.3. The minimum absolute atomic E-state index is 0.0590. The van der Waals surface area contributed by atoms with Gasteiger partial charge in [0.2, 0.25) is 0 Å². The van der Waals surface area contributed by atoms with E-state index < -0.39 is 11.7 Å². The summed E-state index contributed by atoms with van der Waals surface area (Å²) in [6.45, 7) is 4.01. The molecule has 0 bridgehead atoms. The highest BCUT2D eigenvalue weighted by molar-refractivity contribution is 6.04. The van der Waals surface area contributed by atoms with Crippen LogP contribution in [-0.4, -0.2) is 38.8 Å². The van der Waals surface area contributed by atoms with Crippen molar-refractivity contribution in [2.45, 2.75) is 26.4 Å². The van der Waals surface area contributed by atoms with Crippen LogP contribution in [0.4, 0.5) is 4.39 Å². The summed E-state index contributed by atoms with van der Waals surface area (Å²) >= 11 is 0. The summed E-state index contributed by atoms with van der Waals surface area (Å²) < 4.78 is 29.9. The molecule has 0 aromatic heterocycles. The zero-order valence-corrected chi connectivity index (χ0v) is 16.5. The Morgan fingerprint density at radius 2 is 1.82 bits per heavy atom. The lowest BCUT2D eigenvalue weighted by atomic mass is 10.1. The average Bonchev–Trinajstić information content (AvgIpc) is 2.67. The second kappa shape index (κ2) is 10.3. The van der Waals surface area contributed by atoms with Gasteiger partial charge in [-0.25, -0.2) is 9.38 Å². The number of ether oxygens (including phenoxy) is 3. The number of nitrogens with one attached hydrogen (secondary N) is 1. The number of amides is 1. The lowest BCUT2D eigenvalue weighted by Crippen LogP contribution is -2.35. The molecule has 0 radical (unpaired) electrons. The molecule has 1 N–H and O–H groups in total. The van der Waals surface area contributed by atoms with Crippen LogP contribution in [0.1, 0.15) is 29.8 Å². The molecule has 0 fully saturated rings. The van der Waals surface area contributed by atoms with Crippen LogP contribution in [0.3, 0.4) is 0 Å². The van der Waals surface area contributed by atoms with Gasteiger partial charge in [-0.15, -0.1) is 0 Å². The van der Waals surface area contributed by atoms with Crippen molar-refractivity contribution >= 4 is 11.9 Å². The maximum atomic E-state index is 13.8. The number of carbonyl (C=O) groups is 1. The van der Waals surface area contributed by atoms with Gasteiger partial charge in [0.1, 0.15) is 5.82 Å². The van der Waals surface area contributed by atoms with Gasteiger partial charge in [0.15, 0.2) is 11.5 Å². The standard InChI is InChI=1S/C21H25FN2O4/c1-14(2)28-21(24-20(25)16-7-5-6-8-17(16)22)23-12-11-15-9-10-18(26-3)19(13-15)27-4/h5-10,13-14H,11-12H2,1-4H3,(H,23,24,25). The predicted octanol–water partition coefficient (Wildman–Crippen LogP) is 3.60. The van der Waals surface area contributed by atoms with E-state index >= 15 is 0 Å². The Balaban J connectivity index is 2.07. The fraction of sp³-hybridized carbons (Fsp3) is 0.333. The highest BCUT2D eigenvalue weighted by Crippen LogP contribution is 2.27. The van der Waals surface area contributed by atoms with Crippen LogP contribution in [0.2, 0.25) is 0 Å². The van der Waals surface area contributed by atoms with E-state index in [1.165, 1.54) is 18.2 Å². The van der Waals surface area contributed by atoms with Gasteiger partial charge in [0.25, 0.3) is 11.9 Å². The number of halogens is 1. The number of amidine groups is 1. The molecule has 7 heteroatoms. The van der Waals surface area contributed by atoms with E-state index in [1.807, 2.05) is 32.0 Å². The quantitative estimate of drug-likeness (QED) is 0.581. The van der Waals surface area contributed by atoms with Gasteiger partial charge < -0.3 is 14.2 Å². The van der Waals surface area contributed by atoms with Gasteiger partial charge in [-0.05, 0) is 50.1 Å². The van der Waals surface area contributed by atoms with Crippen LogP contribution >= 0.6 is 0 Å². The molecule has 0 aliphatic heterocycles. The summed E-state index contributed by atoms with van der Waals surface area (Å²) in [4.78, 5) is 16.6. The molecule has 0 aliphatic rings. The minimum Gasteiger partial charge on any atom is -0.493 e. The fourth-order valence-electron chi connectivity index (χ4n) is 2.46. The third-order valence-corrected chi connectivity index (χ3v) is 3.79. The molecule has 150 valence electrons. The zero-order valence-electron chi connectivity index (χ0n) is 16.5. The minimum atomic E-state index is -0.608. The van der Waals surface area contributed by atoms with Gasteiger partial charge in [-0.2, -0.15) is 0 Å². The molecule has 0 heterocycles. The van der Waals surface area contributed by atoms with Crippen LogP contribution in [-0.2, 0) is 11.2 Å². The number of hydrogen-bond donors (Lipinski definition) is 1. The average molecular weight is 388 g/mol. The smallest absolute Gasteiger partial charge is 0.291 e. The van der Waals surface area contributed by atoms with Gasteiger partial charge in [0, 0.05) is 6.54 Å². The molecule has 0 unspecified atom stereocenters. The predicted molar refractivity (Wildman–Crippen MR) is 106 cm³/mol. The first kappa shape index (κ1) is 21.2. The first-order valence-corrected chi connectivity index (χ1v) is 8.92. The summed E-state index contributed by atoms with van der Waals surface area (Å²) in [7, 11) is 3.15. The Hall–Kier alpha value is -3.09. The number of aliphatic imine (C=N–C) groups is 1. The van der Waals surface area contributed by atoms with E-state index in [4.69, 9.17) is 14.2 Å². The van der Waals surface area contributed by atoms with Gasteiger partial charge in [-0.1, -0.05) is 18.2 Å². The van der Waals surface area contributed by atoms with E-state index in [1.54, 1.807) is 20.3 Å². The third kappa shape index (κ3) is 5.97. The Labute approximate surface area is 164 Å². The van der Waals surface area contributed by atoms with Crippen LogP contribution in [0, 0.1) is 5.82 Å². The van der Waals surface area contributed by atoms with E-state index in [-0.39, 0.29) is 17.7 Å². The lowest BCUT2D eigenvalue weighted by Gasteiger charge is -2.14. The second-order valence-corrected chi connectivity index (χ2v) is 6.23. The van der Waals surface area contributed by atoms with Crippen LogP contribution in [0.15, 0.2) is 47.5 Å². The van der Waals surface area contributed by atoms with Crippen molar-refractivity contribution in [2.24, 2.45) is 4.99 Å².